The Morgan fingerprint density at radius 1 is 1.09 bits per heavy atom. The highest BCUT2D eigenvalue weighted by Gasteiger charge is 2.25. The molecule has 0 aliphatic heterocycles. The first-order valence-corrected chi connectivity index (χ1v) is 10.6. The second-order valence-electron chi connectivity index (χ2n) is 7.99. The van der Waals surface area contributed by atoms with Gasteiger partial charge in [-0.25, -0.2) is 19.2 Å². The summed E-state index contributed by atoms with van der Waals surface area (Å²) in [5.41, 5.74) is 12.8. The van der Waals surface area contributed by atoms with Gasteiger partial charge in [-0.3, -0.25) is 0 Å². The third kappa shape index (κ3) is 3.53. The molecule has 162 valence electrons. The van der Waals surface area contributed by atoms with Crippen molar-refractivity contribution in [2.75, 3.05) is 11.1 Å². The van der Waals surface area contributed by atoms with E-state index in [2.05, 4.69) is 25.2 Å². The van der Waals surface area contributed by atoms with Crippen molar-refractivity contribution < 1.29 is 9.18 Å². The van der Waals surface area contributed by atoms with Crippen molar-refractivity contribution in [2.45, 2.75) is 32.2 Å². The maximum atomic E-state index is 13.1. The summed E-state index contributed by atoms with van der Waals surface area (Å²) >= 11 is 0. The molecule has 0 saturated carbocycles. The molecule has 8 heteroatoms. The normalized spacial score (nSPS) is 13.7. The SMILES string of the molecule is C[C@@H](NC(=O)Nc1ccc(-n2c3c(c4ncnc(N)c42)CCC3)cc1)c1ccc(F)cc1. The molecule has 0 spiro atoms. The van der Waals surface area contributed by atoms with E-state index >= 15 is 0 Å². The molecular weight excluding hydrogens is 407 g/mol. The number of nitrogens with zero attached hydrogens (tertiary/aromatic N) is 3. The van der Waals surface area contributed by atoms with Gasteiger partial charge < -0.3 is 20.9 Å². The Kier molecular flexibility index (Phi) is 4.97. The third-order valence-corrected chi connectivity index (χ3v) is 5.92. The molecule has 0 fully saturated rings. The van der Waals surface area contributed by atoms with Gasteiger partial charge >= 0.3 is 6.03 Å². The fourth-order valence-corrected chi connectivity index (χ4v) is 4.38. The van der Waals surface area contributed by atoms with Gasteiger partial charge in [-0.2, -0.15) is 0 Å². The molecule has 0 bridgehead atoms. The van der Waals surface area contributed by atoms with Crippen LogP contribution in [-0.4, -0.2) is 20.6 Å². The molecule has 0 radical (unpaired) electrons. The van der Waals surface area contributed by atoms with Gasteiger partial charge in [0.15, 0.2) is 5.82 Å². The van der Waals surface area contributed by atoms with Crippen LogP contribution in [0.2, 0.25) is 0 Å². The zero-order chi connectivity index (χ0) is 22.2. The molecule has 4 aromatic rings. The zero-order valence-corrected chi connectivity index (χ0v) is 17.6. The van der Waals surface area contributed by atoms with E-state index < -0.39 is 0 Å². The smallest absolute Gasteiger partial charge is 0.319 e. The number of nitrogens with two attached hydrogens (primary N) is 1. The van der Waals surface area contributed by atoms with E-state index in [1.54, 1.807) is 12.1 Å². The van der Waals surface area contributed by atoms with E-state index in [0.29, 0.717) is 11.5 Å². The number of urea groups is 1. The number of benzene rings is 2. The average Bonchev–Trinajstić information content (AvgIpc) is 3.37. The van der Waals surface area contributed by atoms with Crippen LogP contribution in [0.5, 0.6) is 0 Å². The van der Waals surface area contributed by atoms with Crippen LogP contribution in [0.3, 0.4) is 0 Å². The van der Waals surface area contributed by atoms with Gasteiger partial charge in [0.05, 0.1) is 11.6 Å². The number of aryl methyl sites for hydroxylation is 1. The lowest BCUT2D eigenvalue weighted by Gasteiger charge is -2.16. The summed E-state index contributed by atoms with van der Waals surface area (Å²) in [6.45, 7) is 1.85. The monoisotopic (exact) mass is 430 g/mol. The highest BCUT2D eigenvalue weighted by molar-refractivity contribution is 5.92. The molecule has 2 aromatic carbocycles. The molecule has 1 aliphatic rings. The minimum Gasteiger partial charge on any atom is -0.382 e. The Bertz CT molecular complexity index is 1300. The van der Waals surface area contributed by atoms with E-state index in [0.717, 1.165) is 41.5 Å². The molecule has 2 amide bonds. The summed E-state index contributed by atoms with van der Waals surface area (Å²) in [5, 5.41) is 5.71. The van der Waals surface area contributed by atoms with Crippen molar-refractivity contribution in [3.63, 3.8) is 0 Å². The van der Waals surface area contributed by atoms with Crippen LogP contribution in [0.4, 0.5) is 20.7 Å². The summed E-state index contributed by atoms with van der Waals surface area (Å²) in [6, 6.07) is 13.1. The van der Waals surface area contributed by atoms with Crippen molar-refractivity contribution in [2.24, 2.45) is 0 Å². The van der Waals surface area contributed by atoms with Crippen LogP contribution in [0.1, 0.15) is 36.2 Å². The first-order chi connectivity index (χ1) is 15.5. The van der Waals surface area contributed by atoms with E-state index in [1.165, 1.54) is 29.7 Å². The Hall–Kier alpha value is -3.94. The van der Waals surface area contributed by atoms with Crippen LogP contribution in [0, 0.1) is 5.82 Å². The summed E-state index contributed by atoms with van der Waals surface area (Å²) in [6.07, 6.45) is 4.56. The lowest BCUT2D eigenvalue weighted by atomic mass is 10.1. The van der Waals surface area contributed by atoms with Crippen LogP contribution in [0.15, 0.2) is 54.9 Å². The number of hydrogen-bond donors (Lipinski definition) is 3. The fourth-order valence-electron chi connectivity index (χ4n) is 4.38. The van der Waals surface area contributed by atoms with Crippen LogP contribution in [0.25, 0.3) is 16.7 Å². The summed E-state index contributed by atoms with van der Waals surface area (Å²) in [5.74, 6) is 0.153. The number of rotatable bonds is 4. The summed E-state index contributed by atoms with van der Waals surface area (Å²) < 4.78 is 15.2. The minimum absolute atomic E-state index is 0.258. The number of aromatic nitrogens is 3. The van der Waals surface area contributed by atoms with Gasteiger partial charge in [-0.1, -0.05) is 12.1 Å². The van der Waals surface area contributed by atoms with Crippen LogP contribution in [-0.2, 0) is 12.8 Å². The first-order valence-electron chi connectivity index (χ1n) is 10.6. The number of nitrogen functional groups attached to an aromatic ring is 1. The molecule has 7 nitrogen and oxygen atoms in total. The molecular formula is C24H23FN6O. The Morgan fingerprint density at radius 2 is 1.84 bits per heavy atom. The minimum atomic E-state index is -0.334. The van der Waals surface area contributed by atoms with Gasteiger partial charge in [-0.15, -0.1) is 0 Å². The molecule has 0 saturated heterocycles. The number of halogens is 1. The van der Waals surface area contributed by atoms with Gasteiger partial charge in [0.1, 0.15) is 17.7 Å². The zero-order valence-electron chi connectivity index (χ0n) is 17.6. The predicted octanol–water partition coefficient (Wildman–Crippen LogP) is 4.51. The largest absolute Gasteiger partial charge is 0.382 e. The van der Waals surface area contributed by atoms with Gasteiger partial charge in [0, 0.05) is 17.1 Å². The average molecular weight is 430 g/mol. The number of carbonyl (C=O) groups is 1. The van der Waals surface area contributed by atoms with Crippen molar-refractivity contribution >= 4 is 28.6 Å². The molecule has 4 N–H and O–H groups in total. The Labute approximate surface area is 184 Å². The van der Waals surface area contributed by atoms with Crippen molar-refractivity contribution in [3.05, 3.63) is 77.5 Å². The molecule has 1 atom stereocenters. The topological polar surface area (TPSA) is 97.9 Å². The number of fused-ring (bicyclic) bond motifs is 3. The number of carbonyl (C=O) groups excluding carboxylic acids is 1. The highest BCUT2D eigenvalue weighted by Crippen LogP contribution is 2.36. The number of amides is 2. The Balaban J connectivity index is 1.35. The van der Waals surface area contributed by atoms with Crippen molar-refractivity contribution in [3.8, 4) is 5.69 Å². The molecule has 0 unspecified atom stereocenters. The maximum absolute atomic E-state index is 13.1. The molecule has 2 heterocycles. The van der Waals surface area contributed by atoms with Crippen LogP contribution < -0.4 is 16.4 Å². The lowest BCUT2D eigenvalue weighted by Crippen LogP contribution is -2.31. The van der Waals surface area contributed by atoms with Gasteiger partial charge in [0.25, 0.3) is 0 Å². The predicted molar refractivity (Wildman–Crippen MR) is 122 cm³/mol. The number of anilines is 2. The second kappa shape index (κ2) is 7.96. The first kappa shape index (κ1) is 20.0. The molecule has 5 rings (SSSR count). The molecule has 1 aliphatic carbocycles. The molecule has 32 heavy (non-hydrogen) atoms. The summed E-state index contributed by atoms with van der Waals surface area (Å²) in [7, 11) is 0. The maximum Gasteiger partial charge on any atom is 0.319 e. The molecule has 2 aromatic heterocycles. The summed E-state index contributed by atoms with van der Waals surface area (Å²) in [4.78, 5) is 21.1. The van der Waals surface area contributed by atoms with Crippen LogP contribution >= 0.6 is 0 Å². The lowest BCUT2D eigenvalue weighted by molar-refractivity contribution is 0.249. The van der Waals surface area contributed by atoms with Crippen molar-refractivity contribution in [1.82, 2.24) is 19.9 Å². The highest BCUT2D eigenvalue weighted by atomic mass is 19.1. The van der Waals surface area contributed by atoms with Gasteiger partial charge in [-0.05, 0) is 73.7 Å². The fraction of sp³-hybridized carbons (Fsp3) is 0.208. The third-order valence-electron chi connectivity index (χ3n) is 5.92. The quantitative estimate of drug-likeness (QED) is 0.444. The van der Waals surface area contributed by atoms with E-state index in [-0.39, 0.29) is 17.9 Å². The van der Waals surface area contributed by atoms with Gasteiger partial charge in [0.2, 0.25) is 0 Å². The van der Waals surface area contributed by atoms with E-state index in [1.807, 2.05) is 31.2 Å². The standard InChI is InChI=1S/C24H23FN6O/c1-14(15-5-7-16(25)8-6-15)29-24(32)30-17-9-11-18(12-10-17)31-20-4-2-3-19(20)21-22(31)23(26)28-13-27-21/h5-14H,2-4H2,1H3,(H2,26,27,28)(H2,29,30,32)/t14-/m1/s1. The Morgan fingerprint density at radius 3 is 2.59 bits per heavy atom. The van der Waals surface area contributed by atoms with E-state index in [9.17, 15) is 9.18 Å². The number of nitrogens with one attached hydrogen (secondary N) is 2. The number of hydrogen-bond acceptors (Lipinski definition) is 4. The van der Waals surface area contributed by atoms with Crippen molar-refractivity contribution in [1.29, 1.82) is 0 Å². The van der Waals surface area contributed by atoms with E-state index in [4.69, 9.17) is 5.73 Å². The second-order valence-corrected chi connectivity index (χ2v) is 7.99.